The molecular weight excluding hydrogens is 230 g/mol. The molecule has 1 aromatic rings. The Morgan fingerprint density at radius 3 is 2.69 bits per heavy atom. The minimum Gasteiger partial charge on any atom is -0.295 e. The van der Waals surface area contributed by atoms with Crippen LogP contribution in [0, 0.1) is 6.92 Å². The number of benzene rings is 1. The Morgan fingerprint density at radius 2 is 2.12 bits per heavy atom. The van der Waals surface area contributed by atoms with Crippen molar-refractivity contribution in [2.24, 2.45) is 0 Å². The van der Waals surface area contributed by atoms with Crippen LogP contribution in [0.15, 0.2) is 29.2 Å². The van der Waals surface area contributed by atoms with Crippen molar-refractivity contribution in [3.05, 3.63) is 29.8 Å². The molecular formula is C10H11NO4S. The van der Waals surface area contributed by atoms with Gasteiger partial charge in [0.25, 0.3) is 0 Å². The minimum atomic E-state index is -3.72. The molecule has 0 aliphatic carbocycles. The highest BCUT2D eigenvalue weighted by Gasteiger charge is 2.14. The van der Waals surface area contributed by atoms with Gasteiger partial charge in [0.15, 0.2) is 6.29 Å². The molecule has 0 saturated carbocycles. The summed E-state index contributed by atoms with van der Waals surface area (Å²) in [7, 11) is -3.72. The van der Waals surface area contributed by atoms with Gasteiger partial charge < -0.3 is 0 Å². The molecule has 0 unspecified atom stereocenters. The number of sulfonamides is 1. The lowest BCUT2D eigenvalue weighted by atomic mass is 10.2. The average Bonchev–Trinajstić information content (AvgIpc) is 2.26. The predicted octanol–water partition coefficient (Wildman–Crippen LogP) is 0.0413. The topological polar surface area (TPSA) is 80.3 Å². The number of aryl methyl sites for hydroxylation is 1. The SMILES string of the molecule is Cc1cccc(S(=O)(=O)NCC(=O)C=O)c1. The van der Waals surface area contributed by atoms with Crippen LogP contribution in [0.1, 0.15) is 5.56 Å². The number of carbonyl (C=O) groups excluding carboxylic acids is 2. The van der Waals surface area contributed by atoms with Crippen molar-refractivity contribution in [3.8, 4) is 0 Å². The highest BCUT2D eigenvalue weighted by molar-refractivity contribution is 7.89. The van der Waals surface area contributed by atoms with Gasteiger partial charge in [0, 0.05) is 0 Å². The highest BCUT2D eigenvalue weighted by atomic mass is 32.2. The predicted molar refractivity (Wildman–Crippen MR) is 57.4 cm³/mol. The van der Waals surface area contributed by atoms with Crippen molar-refractivity contribution >= 4 is 22.1 Å². The quantitative estimate of drug-likeness (QED) is 0.583. The normalized spacial score (nSPS) is 11.1. The molecule has 86 valence electrons. The van der Waals surface area contributed by atoms with Crippen LogP contribution in [0.4, 0.5) is 0 Å². The Balaban J connectivity index is 2.86. The summed E-state index contributed by atoms with van der Waals surface area (Å²) in [6.45, 7) is 1.25. The second-order valence-electron chi connectivity index (χ2n) is 3.23. The van der Waals surface area contributed by atoms with Gasteiger partial charge >= 0.3 is 0 Å². The van der Waals surface area contributed by atoms with Gasteiger partial charge in [0.05, 0.1) is 11.4 Å². The van der Waals surface area contributed by atoms with Crippen molar-refractivity contribution in [1.82, 2.24) is 4.72 Å². The number of Topliss-reactive ketones (excluding diaryl/α,β-unsaturated/α-hetero) is 1. The Morgan fingerprint density at radius 1 is 1.44 bits per heavy atom. The van der Waals surface area contributed by atoms with E-state index in [9.17, 15) is 18.0 Å². The average molecular weight is 241 g/mol. The lowest BCUT2D eigenvalue weighted by molar-refractivity contribution is -0.129. The Kier molecular flexibility index (Phi) is 3.92. The number of aldehydes is 1. The third-order valence-corrected chi connectivity index (χ3v) is 3.27. The van der Waals surface area contributed by atoms with Gasteiger partial charge in [-0.1, -0.05) is 12.1 Å². The first-order valence-electron chi connectivity index (χ1n) is 4.50. The van der Waals surface area contributed by atoms with E-state index in [1.165, 1.54) is 12.1 Å². The number of nitrogens with one attached hydrogen (secondary N) is 1. The molecule has 0 spiro atoms. The summed E-state index contributed by atoms with van der Waals surface area (Å²) < 4.78 is 25.3. The summed E-state index contributed by atoms with van der Waals surface area (Å²) in [6.07, 6.45) is 0.0821. The molecule has 6 heteroatoms. The third kappa shape index (κ3) is 3.25. The zero-order valence-electron chi connectivity index (χ0n) is 8.64. The smallest absolute Gasteiger partial charge is 0.240 e. The number of carbonyl (C=O) groups is 2. The molecule has 0 atom stereocenters. The highest BCUT2D eigenvalue weighted by Crippen LogP contribution is 2.09. The van der Waals surface area contributed by atoms with E-state index in [4.69, 9.17) is 0 Å². The minimum absolute atomic E-state index is 0.0752. The van der Waals surface area contributed by atoms with Gasteiger partial charge in [-0.15, -0.1) is 0 Å². The number of hydrogen-bond acceptors (Lipinski definition) is 4. The molecule has 1 N–H and O–H groups in total. The molecule has 1 aromatic carbocycles. The van der Waals surface area contributed by atoms with Crippen LogP contribution in [0.5, 0.6) is 0 Å². The molecule has 0 heterocycles. The van der Waals surface area contributed by atoms with Crippen molar-refractivity contribution in [2.75, 3.05) is 6.54 Å². The second-order valence-corrected chi connectivity index (χ2v) is 4.99. The monoisotopic (exact) mass is 241 g/mol. The number of rotatable bonds is 5. The van der Waals surface area contributed by atoms with Gasteiger partial charge in [0.2, 0.25) is 15.8 Å². The molecule has 0 fully saturated rings. The van der Waals surface area contributed by atoms with Crippen LogP contribution in [-0.4, -0.2) is 27.0 Å². The molecule has 16 heavy (non-hydrogen) atoms. The van der Waals surface area contributed by atoms with Crippen LogP contribution in [-0.2, 0) is 19.6 Å². The van der Waals surface area contributed by atoms with Crippen molar-refractivity contribution in [3.63, 3.8) is 0 Å². The largest absolute Gasteiger partial charge is 0.295 e. The number of ketones is 1. The van der Waals surface area contributed by atoms with Crippen LogP contribution < -0.4 is 4.72 Å². The maximum atomic E-state index is 11.6. The van der Waals surface area contributed by atoms with E-state index in [-0.39, 0.29) is 11.2 Å². The lowest BCUT2D eigenvalue weighted by Gasteiger charge is -2.05. The summed E-state index contributed by atoms with van der Waals surface area (Å²) in [4.78, 5) is 20.8. The second kappa shape index (κ2) is 5.00. The van der Waals surface area contributed by atoms with Gasteiger partial charge in [-0.05, 0) is 24.6 Å². The Hall–Kier alpha value is -1.53. The van der Waals surface area contributed by atoms with Crippen molar-refractivity contribution in [1.29, 1.82) is 0 Å². The van der Waals surface area contributed by atoms with Gasteiger partial charge in [-0.3, -0.25) is 9.59 Å². The first-order valence-corrected chi connectivity index (χ1v) is 5.98. The number of hydrogen-bond donors (Lipinski definition) is 1. The fourth-order valence-corrected chi connectivity index (χ4v) is 2.17. The summed E-state index contributed by atoms with van der Waals surface area (Å²) in [5.41, 5.74) is 0.796. The Labute approximate surface area is 93.5 Å². The molecule has 0 saturated heterocycles. The lowest BCUT2D eigenvalue weighted by Crippen LogP contribution is -2.30. The molecule has 5 nitrogen and oxygen atoms in total. The summed E-state index contributed by atoms with van der Waals surface area (Å²) in [5.74, 6) is -0.809. The molecule has 0 aliphatic heterocycles. The molecule has 0 radical (unpaired) electrons. The standard InChI is InChI=1S/C10H11NO4S/c1-8-3-2-4-10(5-8)16(14,15)11-6-9(13)7-12/h2-5,7,11H,6H2,1H3. The molecule has 0 amide bonds. The fourth-order valence-electron chi connectivity index (χ4n) is 1.07. The maximum Gasteiger partial charge on any atom is 0.240 e. The third-order valence-electron chi connectivity index (χ3n) is 1.87. The first-order chi connectivity index (χ1) is 7.45. The molecule has 0 aliphatic rings. The van der Waals surface area contributed by atoms with E-state index in [1.807, 2.05) is 4.72 Å². The van der Waals surface area contributed by atoms with Crippen molar-refractivity contribution < 1.29 is 18.0 Å². The van der Waals surface area contributed by atoms with E-state index in [0.717, 1.165) is 5.56 Å². The van der Waals surface area contributed by atoms with Crippen LogP contribution in [0.25, 0.3) is 0 Å². The van der Waals surface area contributed by atoms with Crippen LogP contribution >= 0.6 is 0 Å². The van der Waals surface area contributed by atoms with Gasteiger partial charge in [0.1, 0.15) is 0 Å². The van der Waals surface area contributed by atoms with E-state index in [1.54, 1.807) is 19.1 Å². The van der Waals surface area contributed by atoms with E-state index >= 15 is 0 Å². The van der Waals surface area contributed by atoms with Crippen LogP contribution in [0.3, 0.4) is 0 Å². The van der Waals surface area contributed by atoms with Crippen molar-refractivity contribution in [2.45, 2.75) is 11.8 Å². The van der Waals surface area contributed by atoms with E-state index < -0.39 is 22.4 Å². The Bertz CT molecular complexity index is 507. The summed E-state index contributed by atoms with van der Waals surface area (Å²) in [5, 5.41) is 0. The molecule has 1 rings (SSSR count). The van der Waals surface area contributed by atoms with Crippen LogP contribution in [0.2, 0.25) is 0 Å². The summed E-state index contributed by atoms with van der Waals surface area (Å²) in [6, 6.07) is 6.26. The van der Waals surface area contributed by atoms with E-state index in [0.29, 0.717) is 0 Å². The van der Waals surface area contributed by atoms with Gasteiger partial charge in [-0.25, -0.2) is 13.1 Å². The molecule has 0 bridgehead atoms. The zero-order chi connectivity index (χ0) is 12.2. The maximum absolute atomic E-state index is 11.6. The fraction of sp³-hybridized carbons (Fsp3) is 0.200. The zero-order valence-corrected chi connectivity index (χ0v) is 9.45. The first kappa shape index (κ1) is 12.5. The van der Waals surface area contributed by atoms with Gasteiger partial charge in [-0.2, -0.15) is 0 Å². The summed E-state index contributed by atoms with van der Waals surface area (Å²) >= 11 is 0. The van der Waals surface area contributed by atoms with E-state index in [2.05, 4.69) is 0 Å². The molecule has 0 aromatic heterocycles.